The van der Waals surface area contributed by atoms with Crippen LogP contribution in [-0.4, -0.2) is 20.9 Å². The summed E-state index contributed by atoms with van der Waals surface area (Å²) in [7, 11) is 0.940. The first kappa shape index (κ1) is 17.9. The van der Waals surface area contributed by atoms with Gasteiger partial charge in [-0.15, -0.1) is 0 Å². The van der Waals surface area contributed by atoms with Gasteiger partial charge in [0.2, 0.25) is 0 Å². The molecule has 0 saturated carbocycles. The Morgan fingerprint density at radius 3 is 2.72 bits per heavy atom. The molecule has 0 radical (unpaired) electrons. The number of rotatable bonds is 4. The molecule has 1 aromatic rings. The molecule has 0 fully saturated rings. The summed E-state index contributed by atoms with van der Waals surface area (Å²) in [5.74, 6) is 1.23. The van der Waals surface area contributed by atoms with Crippen LogP contribution in [-0.2, 0) is 17.8 Å². The van der Waals surface area contributed by atoms with Gasteiger partial charge in [0.25, 0.3) is 5.56 Å². The molecule has 1 N–H and O–H groups in total. The second-order valence-corrected chi connectivity index (χ2v) is 8.60. The van der Waals surface area contributed by atoms with E-state index in [0.29, 0.717) is 17.7 Å². The summed E-state index contributed by atoms with van der Waals surface area (Å²) in [6.45, 7) is 4.35. The maximum absolute atomic E-state index is 12.6. The van der Waals surface area contributed by atoms with Crippen LogP contribution in [0.2, 0.25) is 0 Å². The number of pyridine rings is 1. The molecule has 0 bridgehead atoms. The van der Waals surface area contributed by atoms with Crippen LogP contribution in [0.15, 0.2) is 28.8 Å². The third kappa shape index (κ3) is 3.71. The maximum Gasteiger partial charge on any atom is 0.257 e. The zero-order valence-corrected chi connectivity index (χ0v) is 16.2. The molecule has 3 unspecified atom stereocenters. The lowest BCUT2D eigenvalue weighted by atomic mass is 9.85. The summed E-state index contributed by atoms with van der Waals surface area (Å²) in [6.07, 6.45) is 14.2. The van der Waals surface area contributed by atoms with Gasteiger partial charge in [0.05, 0.1) is 5.88 Å². The van der Waals surface area contributed by atoms with Crippen molar-refractivity contribution in [1.82, 2.24) is 9.88 Å². The first-order chi connectivity index (χ1) is 11.9. The monoisotopic (exact) mass is 358 g/mol. The molecule has 5 heteroatoms. The topological polar surface area (TPSA) is 51.1 Å². The maximum atomic E-state index is 12.6. The van der Waals surface area contributed by atoms with E-state index >= 15 is 0 Å². The van der Waals surface area contributed by atoms with Crippen molar-refractivity contribution in [3.63, 3.8) is 0 Å². The smallest absolute Gasteiger partial charge is 0.257 e. The van der Waals surface area contributed by atoms with E-state index in [1.807, 2.05) is 13.2 Å². The molecule has 2 aliphatic rings. The molecule has 4 nitrogen and oxygen atoms in total. The molecule has 0 saturated heterocycles. The number of nitrogens with one attached hydrogen (secondary N) is 1. The highest BCUT2D eigenvalue weighted by Crippen LogP contribution is 2.29. The van der Waals surface area contributed by atoms with Crippen LogP contribution in [0.25, 0.3) is 17.7 Å². The van der Waals surface area contributed by atoms with E-state index in [1.165, 1.54) is 5.57 Å². The molecule has 25 heavy (non-hydrogen) atoms. The summed E-state index contributed by atoms with van der Waals surface area (Å²) >= 11 is 0. The average molecular weight is 359 g/mol. The fraction of sp³-hybridized carbons (Fsp3) is 0.450. The van der Waals surface area contributed by atoms with Gasteiger partial charge in [-0.1, -0.05) is 32.1 Å². The van der Waals surface area contributed by atoms with Crippen LogP contribution in [0, 0.1) is 11.8 Å². The largest absolute Gasteiger partial charge is 0.374 e. The first-order valence-electron chi connectivity index (χ1n) is 8.74. The van der Waals surface area contributed by atoms with E-state index in [9.17, 15) is 9.00 Å². The lowest BCUT2D eigenvalue weighted by molar-refractivity contribution is 0.682. The Kier molecular flexibility index (Phi) is 5.13. The summed E-state index contributed by atoms with van der Waals surface area (Å²) in [5.41, 5.74) is 3.45. The van der Waals surface area contributed by atoms with Gasteiger partial charge in [0.15, 0.2) is 0 Å². The van der Waals surface area contributed by atoms with Gasteiger partial charge < -0.3 is 9.88 Å². The minimum Gasteiger partial charge on any atom is -0.374 e. The number of aromatic nitrogens is 1. The Morgan fingerprint density at radius 1 is 1.24 bits per heavy atom. The van der Waals surface area contributed by atoms with Crippen molar-refractivity contribution in [2.75, 3.05) is 12.1 Å². The standard InChI is InChI=1S/C20H26N2O2S/c1-13-5-8-16-18(9-13)20(23)22(3)11-19(16)17-10-15(7-6-14(17)2)21-12-25(4)24/h7-11,13-14,21H,5-6,12H2,1-4H3. The number of nitrogens with zero attached hydrogens (tertiary/aromatic N) is 1. The van der Waals surface area contributed by atoms with Crippen LogP contribution >= 0.6 is 0 Å². The molecule has 1 aromatic heterocycles. The van der Waals surface area contributed by atoms with Gasteiger partial charge in [-0.2, -0.15) is 0 Å². The van der Waals surface area contributed by atoms with Crippen LogP contribution in [0.3, 0.4) is 0 Å². The van der Waals surface area contributed by atoms with Crippen molar-refractivity contribution in [3.05, 3.63) is 50.4 Å². The fourth-order valence-corrected chi connectivity index (χ4v) is 3.86. The third-order valence-electron chi connectivity index (χ3n) is 4.92. The molecular weight excluding hydrogens is 332 g/mol. The van der Waals surface area contributed by atoms with Crippen LogP contribution in [0.1, 0.15) is 32.3 Å². The summed E-state index contributed by atoms with van der Waals surface area (Å²) < 4.78 is 13.1. The zero-order chi connectivity index (χ0) is 18.1. The number of hydrogen-bond donors (Lipinski definition) is 1. The average Bonchev–Trinajstić information content (AvgIpc) is 2.57. The van der Waals surface area contributed by atoms with Crippen molar-refractivity contribution >= 4 is 28.5 Å². The Morgan fingerprint density at radius 2 is 2.00 bits per heavy atom. The van der Waals surface area contributed by atoms with Gasteiger partial charge in [-0.25, -0.2) is 0 Å². The molecule has 1 heterocycles. The van der Waals surface area contributed by atoms with Gasteiger partial charge in [-0.3, -0.25) is 9.00 Å². The SMILES string of the molecule is CC1C=c2c(c(C3=CC(NCS(C)=O)=CCC3C)cn(C)c2=O)=CC1. The first-order valence-corrected chi connectivity index (χ1v) is 10.5. The molecule has 0 aliphatic heterocycles. The van der Waals surface area contributed by atoms with Crippen molar-refractivity contribution in [3.8, 4) is 0 Å². The molecule has 134 valence electrons. The van der Waals surface area contributed by atoms with E-state index in [2.05, 4.69) is 43.5 Å². The van der Waals surface area contributed by atoms with Crippen LogP contribution in [0.5, 0.6) is 0 Å². The van der Waals surface area contributed by atoms with Crippen LogP contribution < -0.4 is 21.3 Å². The normalized spacial score (nSPS) is 23.5. The van der Waals surface area contributed by atoms with Gasteiger partial charge in [0, 0.05) is 46.8 Å². The highest BCUT2D eigenvalue weighted by atomic mass is 32.2. The molecule has 0 amide bonds. The number of allylic oxidation sites excluding steroid dienone is 3. The van der Waals surface area contributed by atoms with Crippen molar-refractivity contribution < 1.29 is 4.21 Å². The van der Waals surface area contributed by atoms with Crippen molar-refractivity contribution in [2.45, 2.75) is 26.7 Å². The highest BCUT2D eigenvalue weighted by molar-refractivity contribution is 7.84. The van der Waals surface area contributed by atoms with Crippen molar-refractivity contribution in [1.29, 1.82) is 0 Å². The molecule has 3 atom stereocenters. The van der Waals surface area contributed by atoms with Gasteiger partial charge in [0.1, 0.15) is 0 Å². The van der Waals surface area contributed by atoms with Gasteiger partial charge >= 0.3 is 0 Å². The van der Waals surface area contributed by atoms with E-state index < -0.39 is 10.8 Å². The Bertz CT molecular complexity index is 953. The fourth-order valence-electron chi connectivity index (χ4n) is 3.49. The minimum absolute atomic E-state index is 0.0703. The van der Waals surface area contributed by atoms with E-state index in [4.69, 9.17) is 0 Å². The number of fused-ring (bicyclic) bond motifs is 1. The number of aryl methyl sites for hydroxylation is 1. The Balaban J connectivity index is 2.13. The quantitative estimate of drug-likeness (QED) is 0.880. The molecule has 3 rings (SSSR count). The van der Waals surface area contributed by atoms with Crippen LogP contribution in [0.4, 0.5) is 0 Å². The molecule has 2 aliphatic carbocycles. The van der Waals surface area contributed by atoms with E-state index in [0.717, 1.165) is 34.5 Å². The zero-order valence-electron chi connectivity index (χ0n) is 15.3. The molecule has 0 aromatic carbocycles. The molecule has 0 spiro atoms. The highest BCUT2D eigenvalue weighted by Gasteiger charge is 2.19. The summed E-state index contributed by atoms with van der Waals surface area (Å²) in [6, 6.07) is 0. The Labute approximate surface area is 151 Å². The minimum atomic E-state index is -0.882. The van der Waals surface area contributed by atoms with Gasteiger partial charge in [-0.05, 0) is 41.5 Å². The lowest BCUT2D eigenvalue weighted by Gasteiger charge is -2.23. The second-order valence-electron chi connectivity index (χ2n) is 7.16. The number of hydrogen-bond acceptors (Lipinski definition) is 3. The lowest BCUT2D eigenvalue weighted by Crippen LogP contribution is -2.47. The molecular formula is C20H26N2O2S. The second kappa shape index (κ2) is 7.16. The predicted molar refractivity (Wildman–Crippen MR) is 106 cm³/mol. The summed E-state index contributed by atoms with van der Waals surface area (Å²) in [5, 5.41) is 5.15. The summed E-state index contributed by atoms with van der Waals surface area (Å²) in [4.78, 5) is 12.6. The van der Waals surface area contributed by atoms with Crippen molar-refractivity contribution in [2.24, 2.45) is 18.9 Å². The van der Waals surface area contributed by atoms with E-state index in [1.54, 1.807) is 10.8 Å². The Hall–Kier alpha value is -1.88. The predicted octanol–water partition coefficient (Wildman–Crippen LogP) is 1.22. The third-order valence-corrected chi connectivity index (χ3v) is 5.47. The van der Waals surface area contributed by atoms with E-state index in [-0.39, 0.29) is 5.56 Å².